The lowest BCUT2D eigenvalue weighted by molar-refractivity contribution is -0.0204. The van der Waals surface area contributed by atoms with Crippen molar-refractivity contribution in [3.05, 3.63) is 88.3 Å². The molecule has 7 nitrogen and oxygen atoms in total. The lowest BCUT2D eigenvalue weighted by Gasteiger charge is -2.25. The molecule has 0 atom stereocenters. The topological polar surface area (TPSA) is 102 Å². The molecule has 0 bridgehead atoms. The van der Waals surface area contributed by atoms with Gasteiger partial charge in [-0.2, -0.15) is 0 Å². The number of rotatable bonds is 5. The summed E-state index contributed by atoms with van der Waals surface area (Å²) in [6.45, 7) is 0.767. The number of fused-ring (bicyclic) bond motifs is 2. The molecule has 0 spiro atoms. The molecule has 1 aliphatic rings. The van der Waals surface area contributed by atoms with Gasteiger partial charge in [-0.3, -0.25) is 9.78 Å². The molecule has 6 rings (SSSR count). The van der Waals surface area contributed by atoms with Gasteiger partial charge in [0, 0.05) is 34.0 Å². The Balaban J connectivity index is 1.59. The van der Waals surface area contributed by atoms with Crippen molar-refractivity contribution in [1.29, 1.82) is 0 Å². The van der Waals surface area contributed by atoms with Gasteiger partial charge in [-0.25, -0.2) is 13.4 Å². The molecule has 36 heavy (non-hydrogen) atoms. The molecule has 0 aliphatic carbocycles. The standard InChI is InChI=1S/C27H20ClN3O4S/c28-22-11-19(9-18-7-4-8-29-25(18)22)21-10-20-12-23(36(33,34)15-16-13-35-14-16)27(32)31-26(20)30-24(21)17-5-2-1-3-6-17/h1-12,16H,13-15H2,(H,30,31,32). The van der Waals surface area contributed by atoms with Crippen LogP contribution < -0.4 is 5.56 Å². The van der Waals surface area contributed by atoms with E-state index in [1.54, 1.807) is 6.20 Å². The predicted molar refractivity (Wildman–Crippen MR) is 140 cm³/mol. The van der Waals surface area contributed by atoms with E-state index in [-0.39, 0.29) is 16.6 Å². The van der Waals surface area contributed by atoms with Gasteiger partial charge in [0.1, 0.15) is 10.5 Å². The lowest BCUT2D eigenvalue weighted by Crippen LogP contribution is -2.35. The maximum atomic E-state index is 13.0. The van der Waals surface area contributed by atoms with Gasteiger partial charge >= 0.3 is 0 Å². The number of nitrogens with zero attached hydrogens (tertiary/aromatic N) is 2. The molecule has 1 N–H and O–H groups in total. The number of halogens is 1. The van der Waals surface area contributed by atoms with E-state index in [0.717, 1.165) is 22.1 Å². The fourth-order valence-corrected chi connectivity index (χ4v) is 6.37. The van der Waals surface area contributed by atoms with E-state index in [1.165, 1.54) is 6.07 Å². The van der Waals surface area contributed by atoms with Crippen LogP contribution in [0, 0.1) is 5.92 Å². The number of benzene rings is 2. The van der Waals surface area contributed by atoms with E-state index in [2.05, 4.69) is 9.97 Å². The summed E-state index contributed by atoms with van der Waals surface area (Å²) in [5, 5.41) is 1.87. The van der Waals surface area contributed by atoms with Crippen molar-refractivity contribution in [2.45, 2.75) is 4.90 Å². The second kappa shape index (κ2) is 8.81. The smallest absolute Gasteiger partial charge is 0.268 e. The van der Waals surface area contributed by atoms with Crippen LogP contribution >= 0.6 is 11.6 Å². The predicted octanol–water partition coefficient (Wildman–Crippen LogP) is 4.88. The van der Waals surface area contributed by atoms with Crippen LogP contribution in [-0.2, 0) is 14.6 Å². The molecule has 1 saturated heterocycles. The van der Waals surface area contributed by atoms with Crippen molar-refractivity contribution >= 4 is 43.4 Å². The van der Waals surface area contributed by atoms with Crippen molar-refractivity contribution < 1.29 is 13.2 Å². The van der Waals surface area contributed by atoms with Gasteiger partial charge in [-0.15, -0.1) is 0 Å². The first-order valence-electron chi connectivity index (χ1n) is 11.4. The Bertz CT molecular complexity index is 1800. The summed E-state index contributed by atoms with van der Waals surface area (Å²) in [6.07, 6.45) is 1.69. The van der Waals surface area contributed by atoms with Crippen molar-refractivity contribution in [2.24, 2.45) is 5.92 Å². The number of pyridine rings is 3. The molecule has 0 amide bonds. The monoisotopic (exact) mass is 517 g/mol. The average Bonchev–Trinajstić information content (AvgIpc) is 2.85. The third kappa shape index (κ3) is 4.07. The lowest BCUT2D eigenvalue weighted by atomic mass is 9.97. The number of sulfone groups is 1. The summed E-state index contributed by atoms with van der Waals surface area (Å²) >= 11 is 6.58. The number of hydrogen-bond acceptors (Lipinski definition) is 6. The third-order valence-electron chi connectivity index (χ3n) is 6.31. The summed E-state index contributed by atoms with van der Waals surface area (Å²) in [4.78, 5) is 24.4. The van der Waals surface area contributed by atoms with E-state index >= 15 is 0 Å². The van der Waals surface area contributed by atoms with Crippen LogP contribution in [0.4, 0.5) is 0 Å². The number of H-pyrrole nitrogens is 1. The van der Waals surface area contributed by atoms with E-state index in [0.29, 0.717) is 40.5 Å². The Morgan fingerprint density at radius 2 is 1.78 bits per heavy atom. The molecule has 1 aliphatic heterocycles. The van der Waals surface area contributed by atoms with Crippen LogP contribution in [0.2, 0.25) is 5.02 Å². The van der Waals surface area contributed by atoms with Gasteiger partial charge in [0.25, 0.3) is 5.56 Å². The Morgan fingerprint density at radius 3 is 2.53 bits per heavy atom. The van der Waals surface area contributed by atoms with Crippen molar-refractivity contribution in [3.63, 3.8) is 0 Å². The number of nitrogens with one attached hydrogen (secondary N) is 1. The Kier molecular flexibility index (Phi) is 5.59. The number of aromatic amines is 1. The minimum absolute atomic E-state index is 0.104. The van der Waals surface area contributed by atoms with Crippen LogP contribution in [0.3, 0.4) is 0 Å². The van der Waals surface area contributed by atoms with Gasteiger partial charge in [-0.05, 0) is 35.9 Å². The van der Waals surface area contributed by atoms with Gasteiger partial charge in [0.2, 0.25) is 0 Å². The van der Waals surface area contributed by atoms with Crippen LogP contribution in [0.25, 0.3) is 44.3 Å². The highest BCUT2D eigenvalue weighted by Crippen LogP contribution is 2.36. The Morgan fingerprint density at radius 1 is 0.972 bits per heavy atom. The van der Waals surface area contributed by atoms with Crippen LogP contribution in [-0.4, -0.2) is 42.3 Å². The second-order valence-corrected chi connectivity index (χ2v) is 11.3. The van der Waals surface area contributed by atoms with Gasteiger partial charge in [-0.1, -0.05) is 48.0 Å². The fourth-order valence-electron chi connectivity index (χ4n) is 4.47. The second-order valence-electron chi connectivity index (χ2n) is 8.87. The minimum Gasteiger partial charge on any atom is -0.381 e. The third-order valence-corrected chi connectivity index (χ3v) is 8.48. The van der Waals surface area contributed by atoms with E-state index in [1.807, 2.05) is 60.7 Å². The first kappa shape index (κ1) is 22.8. The van der Waals surface area contributed by atoms with E-state index < -0.39 is 15.4 Å². The summed E-state index contributed by atoms with van der Waals surface area (Å²) in [5.41, 5.74) is 3.36. The van der Waals surface area contributed by atoms with Gasteiger partial charge in [0.05, 0.1) is 35.2 Å². The molecule has 0 unspecified atom stereocenters. The zero-order valence-corrected chi connectivity index (χ0v) is 20.5. The Hall–Kier alpha value is -3.59. The molecule has 5 aromatic rings. The highest BCUT2D eigenvalue weighted by atomic mass is 35.5. The molecular formula is C27H20ClN3O4S. The summed E-state index contributed by atoms with van der Waals surface area (Å²) in [7, 11) is -3.80. The van der Waals surface area contributed by atoms with Crippen molar-refractivity contribution in [2.75, 3.05) is 19.0 Å². The number of hydrogen-bond donors (Lipinski definition) is 1. The SMILES string of the molecule is O=c1[nH]c2nc(-c3ccccc3)c(-c3cc(Cl)c4ncccc4c3)cc2cc1S(=O)(=O)CC1COC1. The zero-order valence-electron chi connectivity index (χ0n) is 18.9. The highest BCUT2D eigenvalue weighted by Gasteiger charge is 2.29. The van der Waals surface area contributed by atoms with Gasteiger partial charge < -0.3 is 9.72 Å². The number of aromatic nitrogens is 3. The molecule has 0 saturated carbocycles. The quantitative estimate of drug-likeness (QED) is 0.356. The first-order chi connectivity index (χ1) is 17.4. The molecular weight excluding hydrogens is 498 g/mol. The minimum atomic E-state index is -3.80. The maximum Gasteiger partial charge on any atom is 0.268 e. The van der Waals surface area contributed by atoms with E-state index in [4.69, 9.17) is 21.3 Å². The average molecular weight is 518 g/mol. The van der Waals surface area contributed by atoms with Crippen molar-refractivity contribution in [1.82, 2.24) is 15.0 Å². The fraction of sp³-hybridized carbons (Fsp3) is 0.148. The Labute approximate surface area is 211 Å². The molecule has 2 aromatic carbocycles. The molecule has 1 fully saturated rings. The van der Waals surface area contributed by atoms with Crippen molar-refractivity contribution in [3.8, 4) is 22.4 Å². The maximum absolute atomic E-state index is 13.0. The largest absolute Gasteiger partial charge is 0.381 e. The first-order valence-corrected chi connectivity index (χ1v) is 13.4. The summed E-state index contributed by atoms with van der Waals surface area (Å²) in [5.74, 6) is -0.232. The van der Waals surface area contributed by atoms with Crippen LogP contribution in [0.5, 0.6) is 0 Å². The summed E-state index contributed by atoms with van der Waals surface area (Å²) < 4.78 is 31.1. The van der Waals surface area contributed by atoms with Crippen LogP contribution in [0.15, 0.2) is 82.6 Å². The molecule has 3 aromatic heterocycles. The highest BCUT2D eigenvalue weighted by molar-refractivity contribution is 7.91. The summed E-state index contributed by atoms with van der Waals surface area (Å²) in [6, 6.07) is 20.4. The molecule has 9 heteroatoms. The molecule has 0 radical (unpaired) electrons. The molecule has 180 valence electrons. The number of ether oxygens (including phenoxy) is 1. The van der Waals surface area contributed by atoms with Crippen LogP contribution in [0.1, 0.15) is 0 Å². The molecule has 4 heterocycles. The van der Waals surface area contributed by atoms with E-state index in [9.17, 15) is 13.2 Å². The normalized spacial score (nSPS) is 14.2. The van der Waals surface area contributed by atoms with Gasteiger partial charge in [0.15, 0.2) is 9.84 Å². The zero-order chi connectivity index (χ0) is 24.9.